The van der Waals surface area contributed by atoms with Gasteiger partial charge in [0.15, 0.2) is 0 Å². The van der Waals surface area contributed by atoms with Crippen LogP contribution in [0, 0.1) is 12.7 Å². The molecule has 258 valence electrons. The Balaban J connectivity index is 1.10. The van der Waals surface area contributed by atoms with Crippen molar-refractivity contribution in [2.45, 2.75) is 77.2 Å². The molecule has 0 unspecified atom stereocenters. The maximum absolute atomic E-state index is 14.4. The number of carbonyl (C=O) groups is 2. The Morgan fingerprint density at radius 3 is 2.33 bits per heavy atom. The molecule has 6 rings (SSSR count). The topological polar surface area (TPSA) is 113 Å². The number of hydrogen-bond donors (Lipinski definition) is 3. The van der Waals surface area contributed by atoms with Crippen LogP contribution in [0.25, 0.3) is 11.1 Å². The Hall–Kier alpha value is -4.32. The first-order valence-electron chi connectivity index (χ1n) is 16.8. The van der Waals surface area contributed by atoms with Gasteiger partial charge < -0.3 is 20.7 Å². The fourth-order valence-corrected chi connectivity index (χ4v) is 7.12. The maximum atomic E-state index is 14.4. The molecule has 1 saturated heterocycles. The standard InChI is InChI=1S/C37H43ClFN7O3/c1-22-19-46(20-23(2)41-22)21-26-8-6-10-31(34(26)38)25-7-5-9-30(16-25)49-37-32(17-27(39)18-40-37)35(47)42-28-11-13-29(14-12-28)43-36(48)33-15-24(3)45(4)44-33/h5-10,15-18,22-23,28-29,41H,11-14,19-21H2,1-4H3,(H,42,47)(H,43,48)/t22-,23+,28-,29+. The minimum atomic E-state index is -0.640. The van der Waals surface area contributed by atoms with Crippen molar-refractivity contribution in [2.24, 2.45) is 7.05 Å². The lowest BCUT2D eigenvalue weighted by atomic mass is 9.91. The van der Waals surface area contributed by atoms with Gasteiger partial charge in [0, 0.05) is 62.1 Å². The van der Waals surface area contributed by atoms with Crippen LogP contribution >= 0.6 is 11.6 Å². The zero-order valence-corrected chi connectivity index (χ0v) is 29.1. The molecular weight excluding hydrogens is 645 g/mol. The second-order valence-corrected chi connectivity index (χ2v) is 13.7. The van der Waals surface area contributed by atoms with Gasteiger partial charge in [0.1, 0.15) is 22.8 Å². The summed E-state index contributed by atoms with van der Waals surface area (Å²) in [7, 11) is 1.80. The van der Waals surface area contributed by atoms with Gasteiger partial charge in [-0.1, -0.05) is 41.9 Å². The highest BCUT2D eigenvalue weighted by molar-refractivity contribution is 6.34. The Morgan fingerprint density at radius 1 is 0.980 bits per heavy atom. The van der Waals surface area contributed by atoms with E-state index >= 15 is 0 Å². The summed E-state index contributed by atoms with van der Waals surface area (Å²) in [6.45, 7) is 8.92. The van der Waals surface area contributed by atoms with E-state index in [-0.39, 0.29) is 29.4 Å². The van der Waals surface area contributed by atoms with E-state index in [0.717, 1.165) is 54.3 Å². The third kappa shape index (κ3) is 8.46. The smallest absolute Gasteiger partial charge is 0.272 e. The van der Waals surface area contributed by atoms with Crippen LogP contribution in [0.5, 0.6) is 11.6 Å². The van der Waals surface area contributed by atoms with E-state index < -0.39 is 11.7 Å². The van der Waals surface area contributed by atoms with Crippen molar-refractivity contribution in [3.8, 4) is 22.8 Å². The fourth-order valence-electron chi connectivity index (χ4n) is 6.82. The number of piperazine rings is 1. The second-order valence-electron chi connectivity index (χ2n) is 13.4. The van der Waals surface area contributed by atoms with E-state index in [1.807, 2.05) is 37.3 Å². The normalized spacial score (nSPS) is 21.3. The van der Waals surface area contributed by atoms with Crippen LogP contribution in [0.15, 0.2) is 60.8 Å². The van der Waals surface area contributed by atoms with E-state index in [1.165, 1.54) is 0 Å². The van der Waals surface area contributed by atoms with Crippen LogP contribution in [-0.4, -0.2) is 68.7 Å². The first-order valence-corrected chi connectivity index (χ1v) is 17.2. The van der Waals surface area contributed by atoms with E-state index in [1.54, 1.807) is 23.9 Å². The van der Waals surface area contributed by atoms with Gasteiger partial charge in [0.2, 0.25) is 5.88 Å². The van der Waals surface area contributed by atoms with Crippen LogP contribution in [0.1, 0.15) is 71.6 Å². The lowest BCUT2D eigenvalue weighted by Crippen LogP contribution is -2.53. The van der Waals surface area contributed by atoms with Crippen molar-refractivity contribution >= 4 is 23.4 Å². The molecule has 0 spiro atoms. The highest BCUT2D eigenvalue weighted by Gasteiger charge is 2.27. The number of aryl methyl sites for hydroxylation is 2. The van der Waals surface area contributed by atoms with Crippen molar-refractivity contribution in [2.75, 3.05) is 13.1 Å². The molecule has 1 aliphatic heterocycles. The first-order chi connectivity index (χ1) is 23.5. The Morgan fingerprint density at radius 2 is 1.65 bits per heavy atom. The van der Waals surface area contributed by atoms with Crippen LogP contribution in [0.4, 0.5) is 4.39 Å². The van der Waals surface area contributed by atoms with Crippen molar-refractivity contribution in [1.29, 1.82) is 0 Å². The minimum absolute atomic E-state index is 0.00412. The van der Waals surface area contributed by atoms with E-state index in [4.69, 9.17) is 16.3 Å². The minimum Gasteiger partial charge on any atom is -0.438 e. The number of nitrogens with zero attached hydrogens (tertiary/aromatic N) is 4. The van der Waals surface area contributed by atoms with Crippen molar-refractivity contribution in [3.05, 3.63) is 94.1 Å². The van der Waals surface area contributed by atoms with Gasteiger partial charge in [-0.3, -0.25) is 19.2 Å². The van der Waals surface area contributed by atoms with Crippen molar-refractivity contribution < 1.29 is 18.7 Å². The van der Waals surface area contributed by atoms with Gasteiger partial charge in [-0.05, 0) is 81.8 Å². The maximum Gasteiger partial charge on any atom is 0.272 e. The average molecular weight is 688 g/mol. The Bertz CT molecular complexity index is 1790. The molecule has 0 bridgehead atoms. The van der Waals surface area contributed by atoms with Gasteiger partial charge in [-0.15, -0.1) is 0 Å². The molecule has 2 atom stereocenters. The number of amides is 2. The van der Waals surface area contributed by atoms with Gasteiger partial charge >= 0.3 is 0 Å². The highest BCUT2D eigenvalue weighted by Crippen LogP contribution is 2.35. The van der Waals surface area contributed by atoms with Gasteiger partial charge in [-0.25, -0.2) is 9.37 Å². The predicted molar refractivity (Wildman–Crippen MR) is 187 cm³/mol. The van der Waals surface area contributed by atoms with Crippen LogP contribution in [0.2, 0.25) is 5.02 Å². The van der Waals surface area contributed by atoms with Crippen molar-refractivity contribution in [3.63, 3.8) is 0 Å². The molecule has 2 aromatic carbocycles. The molecule has 3 N–H and O–H groups in total. The monoisotopic (exact) mass is 687 g/mol. The molecule has 49 heavy (non-hydrogen) atoms. The Labute approximate surface area is 291 Å². The summed E-state index contributed by atoms with van der Waals surface area (Å²) in [5.41, 5.74) is 4.06. The molecule has 2 amide bonds. The van der Waals surface area contributed by atoms with E-state index in [0.29, 0.717) is 54.2 Å². The summed E-state index contributed by atoms with van der Waals surface area (Å²) in [6, 6.07) is 17.0. The lowest BCUT2D eigenvalue weighted by molar-refractivity contribution is 0.0887. The summed E-state index contributed by atoms with van der Waals surface area (Å²) in [4.78, 5) is 32.6. The molecule has 2 fully saturated rings. The molecule has 2 aliphatic rings. The molecule has 10 nitrogen and oxygen atoms in total. The number of benzene rings is 2. The molecule has 1 saturated carbocycles. The summed E-state index contributed by atoms with van der Waals surface area (Å²) in [5.74, 6) is -0.871. The van der Waals surface area contributed by atoms with Gasteiger partial charge in [0.25, 0.3) is 11.8 Å². The van der Waals surface area contributed by atoms with Crippen LogP contribution in [0.3, 0.4) is 0 Å². The summed E-state index contributed by atoms with van der Waals surface area (Å²) < 4.78 is 22.2. The number of pyridine rings is 1. The molecule has 0 radical (unpaired) electrons. The Kier molecular flexibility index (Phi) is 10.6. The highest BCUT2D eigenvalue weighted by atomic mass is 35.5. The van der Waals surface area contributed by atoms with Crippen molar-refractivity contribution in [1.82, 2.24) is 35.6 Å². The summed E-state index contributed by atoms with van der Waals surface area (Å²) in [6.07, 6.45) is 3.73. The quantitative estimate of drug-likeness (QED) is 0.197. The summed E-state index contributed by atoms with van der Waals surface area (Å²) in [5, 5.41) is 14.6. The molecule has 3 heterocycles. The number of nitrogens with one attached hydrogen (secondary N) is 3. The third-order valence-electron chi connectivity index (χ3n) is 9.27. The zero-order chi connectivity index (χ0) is 34.7. The average Bonchev–Trinajstić information content (AvgIpc) is 3.41. The number of halogens is 2. The number of hydrogen-bond acceptors (Lipinski definition) is 7. The SMILES string of the molecule is Cc1cc(C(=O)N[C@H]2CC[C@@H](NC(=O)c3cc(F)cnc3Oc3cccc(-c4cccc(CN5C[C@@H](C)N[C@@H](C)C5)c4Cl)c3)CC2)nn1C. The van der Waals surface area contributed by atoms with E-state index in [9.17, 15) is 14.0 Å². The van der Waals surface area contributed by atoms with Crippen LogP contribution in [-0.2, 0) is 13.6 Å². The number of aromatic nitrogens is 3. The van der Waals surface area contributed by atoms with E-state index in [2.05, 4.69) is 50.8 Å². The van der Waals surface area contributed by atoms with Gasteiger partial charge in [-0.2, -0.15) is 5.10 Å². The molecule has 4 aromatic rings. The third-order valence-corrected chi connectivity index (χ3v) is 9.72. The molecule has 12 heteroatoms. The lowest BCUT2D eigenvalue weighted by Gasteiger charge is -2.36. The zero-order valence-electron chi connectivity index (χ0n) is 28.3. The molecular formula is C37H43ClFN7O3. The number of carbonyl (C=O) groups excluding carboxylic acids is 2. The molecule has 1 aliphatic carbocycles. The fraction of sp³-hybridized carbons (Fsp3) is 0.405. The largest absolute Gasteiger partial charge is 0.438 e. The molecule has 2 aromatic heterocycles. The number of rotatable bonds is 9. The van der Waals surface area contributed by atoms with Gasteiger partial charge in [0.05, 0.1) is 11.2 Å². The second kappa shape index (κ2) is 15.1. The number of ether oxygens (including phenoxy) is 1. The first kappa shape index (κ1) is 34.5. The van der Waals surface area contributed by atoms with Crippen LogP contribution < -0.4 is 20.7 Å². The summed E-state index contributed by atoms with van der Waals surface area (Å²) >= 11 is 6.98. The predicted octanol–water partition coefficient (Wildman–Crippen LogP) is 6.03.